The Balaban J connectivity index is 1.44. The van der Waals surface area contributed by atoms with Crippen LogP contribution in [0.2, 0.25) is 0 Å². The van der Waals surface area contributed by atoms with Gasteiger partial charge in [0.1, 0.15) is 24.4 Å². The quantitative estimate of drug-likeness (QED) is 0.412. The number of hydrogen-bond acceptors (Lipinski definition) is 6. The number of nitrogens with one attached hydrogen (secondary N) is 1. The van der Waals surface area contributed by atoms with Crippen molar-refractivity contribution in [2.24, 2.45) is 0 Å². The summed E-state index contributed by atoms with van der Waals surface area (Å²) in [5.41, 5.74) is 2.77. The topological polar surface area (TPSA) is 99.7 Å². The fourth-order valence-corrected chi connectivity index (χ4v) is 3.59. The second kappa shape index (κ2) is 10.0. The molecule has 182 valence electrons. The first-order valence-electron chi connectivity index (χ1n) is 11.4. The van der Waals surface area contributed by atoms with Gasteiger partial charge in [0.05, 0.1) is 5.69 Å². The molecule has 1 N–H and O–H groups in total. The lowest BCUT2D eigenvalue weighted by molar-refractivity contribution is -0.122. The maximum Gasteiger partial charge on any atom is 0.274 e. The lowest BCUT2D eigenvalue weighted by Gasteiger charge is -2.16. The van der Waals surface area contributed by atoms with Gasteiger partial charge >= 0.3 is 0 Å². The number of ether oxygens (including phenoxy) is 2. The third-order valence-electron chi connectivity index (χ3n) is 5.49. The van der Waals surface area contributed by atoms with Gasteiger partial charge in [0.15, 0.2) is 6.10 Å². The van der Waals surface area contributed by atoms with E-state index in [1.165, 1.54) is 10.6 Å². The summed E-state index contributed by atoms with van der Waals surface area (Å²) in [4.78, 5) is 33.9. The van der Waals surface area contributed by atoms with Crippen molar-refractivity contribution >= 4 is 17.4 Å². The van der Waals surface area contributed by atoms with Crippen LogP contribution >= 0.6 is 0 Å². The molecule has 0 unspecified atom stereocenters. The Bertz CT molecular complexity index is 1420. The van der Waals surface area contributed by atoms with Crippen molar-refractivity contribution in [2.75, 3.05) is 5.32 Å². The van der Waals surface area contributed by atoms with E-state index < -0.39 is 6.10 Å². The molecular weight excluding hydrogens is 446 g/mol. The van der Waals surface area contributed by atoms with Crippen LogP contribution in [0.25, 0.3) is 5.78 Å². The molecule has 0 aliphatic carbocycles. The summed E-state index contributed by atoms with van der Waals surface area (Å²) in [5.74, 6) is 1.26. The maximum absolute atomic E-state index is 12.7. The van der Waals surface area contributed by atoms with Crippen LogP contribution in [0.3, 0.4) is 0 Å². The Morgan fingerprint density at radius 2 is 1.89 bits per heavy atom. The first-order valence-corrected chi connectivity index (χ1v) is 11.4. The Morgan fingerprint density at radius 1 is 1.09 bits per heavy atom. The maximum atomic E-state index is 12.7. The van der Waals surface area contributed by atoms with Gasteiger partial charge in [0, 0.05) is 23.9 Å². The standard InChI is InChI=1S/C26H29N5O4/c1-16(2)30-15-27-26-29-21(13-24(32)31(26)30)14-34-23-12-20(10-9-18(23)4)28-25(33)19(5)35-22-8-6-7-17(3)11-22/h6-13,15-16,19H,14H2,1-5H3,(H,28,33)/t19-/m1/s1. The normalized spacial score (nSPS) is 12.1. The molecule has 9 nitrogen and oxygen atoms in total. The van der Waals surface area contributed by atoms with E-state index in [0.717, 1.165) is 11.1 Å². The summed E-state index contributed by atoms with van der Waals surface area (Å²) in [5, 5.41) is 2.86. The van der Waals surface area contributed by atoms with E-state index in [2.05, 4.69) is 15.3 Å². The van der Waals surface area contributed by atoms with Crippen LogP contribution < -0.4 is 20.3 Å². The van der Waals surface area contributed by atoms with Crippen LogP contribution in [0.4, 0.5) is 5.69 Å². The lowest BCUT2D eigenvalue weighted by atomic mass is 10.2. The van der Waals surface area contributed by atoms with E-state index in [0.29, 0.717) is 28.7 Å². The Labute approximate surface area is 203 Å². The molecule has 0 saturated carbocycles. The van der Waals surface area contributed by atoms with E-state index in [-0.39, 0.29) is 24.1 Å². The zero-order valence-corrected chi connectivity index (χ0v) is 20.5. The highest BCUT2D eigenvalue weighted by Gasteiger charge is 2.16. The van der Waals surface area contributed by atoms with Crippen molar-refractivity contribution in [1.29, 1.82) is 0 Å². The predicted molar refractivity (Wildman–Crippen MR) is 133 cm³/mol. The molecule has 0 radical (unpaired) electrons. The second-order valence-electron chi connectivity index (χ2n) is 8.75. The molecule has 35 heavy (non-hydrogen) atoms. The Kier molecular flexibility index (Phi) is 6.86. The van der Waals surface area contributed by atoms with E-state index in [4.69, 9.17) is 9.47 Å². The SMILES string of the molecule is Cc1cccc(O[C@H](C)C(=O)Nc2ccc(C)c(OCc3cc(=O)n4c(ncn4C(C)C)n3)c2)c1. The van der Waals surface area contributed by atoms with E-state index >= 15 is 0 Å². The number of amides is 1. The van der Waals surface area contributed by atoms with E-state index in [9.17, 15) is 9.59 Å². The number of anilines is 1. The fraction of sp³-hybridized carbons (Fsp3) is 0.308. The van der Waals surface area contributed by atoms with Gasteiger partial charge in [-0.3, -0.25) is 14.3 Å². The first kappa shape index (κ1) is 24.0. The molecule has 0 fully saturated rings. The molecule has 9 heteroatoms. The summed E-state index contributed by atoms with van der Waals surface area (Å²) in [7, 11) is 0. The van der Waals surface area contributed by atoms with Gasteiger partial charge in [-0.25, -0.2) is 4.98 Å². The number of nitrogens with zero attached hydrogens (tertiary/aromatic N) is 4. The fourth-order valence-electron chi connectivity index (χ4n) is 3.59. The van der Waals surface area contributed by atoms with Crippen LogP contribution in [0.1, 0.15) is 43.6 Å². The number of carbonyl (C=O) groups excluding carboxylic acids is 1. The molecule has 0 spiro atoms. The number of fused-ring (bicyclic) bond motifs is 1. The number of aromatic nitrogens is 4. The lowest BCUT2D eigenvalue weighted by Crippen LogP contribution is -2.30. The predicted octanol–water partition coefficient (Wildman–Crippen LogP) is 4.07. The third kappa shape index (κ3) is 5.51. The minimum Gasteiger partial charge on any atom is -0.487 e. The summed E-state index contributed by atoms with van der Waals surface area (Å²) >= 11 is 0. The highest BCUT2D eigenvalue weighted by molar-refractivity contribution is 5.94. The number of aryl methyl sites for hydroxylation is 2. The second-order valence-corrected chi connectivity index (χ2v) is 8.75. The number of rotatable bonds is 8. The molecule has 0 bridgehead atoms. The molecule has 0 aliphatic rings. The third-order valence-corrected chi connectivity index (χ3v) is 5.49. The smallest absolute Gasteiger partial charge is 0.274 e. The average molecular weight is 476 g/mol. The van der Waals surface area contributed by atoms with Crippen LogP contribution in [0.15, 0.2) is 59.7 Å². The molecule has 2 heterocycles. The molecule has 0 saturated heterocycles. The summed E-state index contributed by atoms with van der Waals surface area (Å²) < 4.78 is 14.9. The molecule has 2 aromatic heterocycles. The minimum atomic E-state index is -0.683. The Hall–Kier alpha value is -4.14. The van der Waals surface area contributed by atoms with Crippen molar-refractivity contribution in [3.8, 4) is 11.5 Å². The summed E-state index contributed by atoms with van der Waals surface area (Å²) in [6.45, 7) is 9.59. The highest BCUT2D eigenvalue weighted by Crippen LogP contribution is 2.24. The van der Waals surface area contributed by atoms with E-state index in [1.807, 2.05) is 58.0 Å². The first-order chi connectivity index (χ1) is 16.7. The largest absolute Gasteiger partial charge is 0.487 e. The van der Waals surface area contributed by atoms with Gasteiger partial charge in [-0.05, 0) is 63.9 Å². The number of benzene rings is 2. The molecule has 0 aliphatic heterocycles. The van der Waals surface area contributed by atoms with Gasteiger partial charge in [-0.15, -0.1) is 0 Å². The van der Waals surface area contributed by atoms with Crippen molar-refractivity contribution in [1.82, 2.24) is 19.2 Å². The molecule has 4 rings (SSSR count). The molecule has 4 aromatic rings. The monoisotopic (exact) mass is 475 g/mol. The van der Waals surface area contributed by atoms with Crippen LogP contribution in [0.5, 0.6) is 11.5 Å². The molecular formula is C26H29N5O4. The molecule has 1 amide bonds. The van der Waals surface area contributed by atoms with Crippen LogP contribution in [0, 0.1) is 13.8 Å². The summed E-state index contributed by atoms with van der Waals surface area (Å²) in [6.07, 6.45) is 0.913. The van der Waals surface area contributed by atoms with Crippen molar-refractivity contribution in [2.45, 2.75) is 53.4 Å². The minimum absolute atomic E-state index is 0.0760. The van der Waals surface area contributed by atoms with Gasteiger partial charge in [0.25, 0.3) is 17.2 Å². The van der Waals surface area contributed by atoms with Gasteiger partial charge in [0.2, 0.25) is 0 Å². The van der Waals surface area contributed by atoms with E-state index in [1.54, 1.807) is 30.1 Å². The highest BCUT2D eigenvalue weighted by atomic mass is 16.5. The zero-order chi connectivity index (χ0) is 25.1. The van der Waals surface area contributed by atoms with Crippen molar-refractivity contribution < 1.29 is 14.3 Å². The molecule has 1 atom stereocenters. The van der Waals surface area contributed by atoms with Crippen LogP contribution in [-0.4, -0.2) is 31.2 Å². The average Bonchev–Trinajstić information content (AvgIpc) is 3.24. The van der Waals surface area contributed by atoms with Gasteiger partial charge in [-0.1, -0.05) is 18.2 Å². The zero-order valence-electron chi connectivity index (χ0n) is 20.5. The van der Waals surface area contributed by atoms with Crippen molar-refractivity contribution in [3.05, 3.63) is 82.0 Å². The number of hydrogen-bond donors (Lipinski definition) is 1. The Morgan fingerprint density at radius 3 is 2.63 bits per heavy atom. The molecule has 2 aromatic carbocycles. The van der Waals surface area contributed by atoms with Crippen molar-refractivity contribution in [3.63, 3.8) is 0 Å². The van der Waals surface area contributed by atoms with Crippen LogP contribution in [-0.2, 0) is 11.4 Å². The number of carbonyl (C=O) groups is 1. The summed E-state index contributed by atoms with van der Waals surface area (Å²) in [6, 6.07) is 14.5. The van der Waals surface area contributed by atoms with Gasteiger partial charge in [-0.2, -0.15) is 9.50 Å². The van der Waals surface area contributed by atoms with Gasteiger partial charge < -0.3 is 14.8 Å².